The lowest BCUT2D eigenvalue weighted by Crippen LogP contribution is -2.56. The first kappa shape index (κ1) is 9.82. The van der Waals surface area contributed by atoms with Crippen molar-refractivity contribution < 1.29 is 29.6 Å². The van der Waals surface area contributed by atoms with Gasteiger partial charge in [-0.15, -0.1) is 0 Å². The largest absolute Gasteiger partial charge is 0.394 e. The van der Waals surface area contributed by atoms with Crippen LogP contribution in [0, 0.1) is 0 Å². The molecular weight excluding hydrogens is 170 g/mol. The minimum absolute atomic E-state index is 0.581. The van der Waals surface area contributed by atoms with Gasteiger partial charge in [0.15, 0.2) is 12.5 Å². The molecule has 1 aliphatic heterocycles. The van der Waals surface area contributed by atoms with E-state index < -0.39 is 37.4 Å². The highest BCUT2D eigenvalue weighted by atomic mass is 18.2. The Balaban J connectivity index is 2.63. The maximum Gasteiger partial charge on any atom is 0.189 e. The van der Waals surface area contributed by atoms with Gasteiger partial charge >= 0.3 is 0 Å². The number of ether oxygens (including phenoxy) is 1. The molecule has 0 spiro atoms. The fourth-order valence-corrected chi connectivity index (χ4v) is 1.06. The first-order valence-electron chi connectivity index (χ1n) is 3.52. The van der Waals surface area contributed by atoms with Gasteiger partial charge < -0.3 is 25.2 Å². The molecule has 0 unspecified atom stereocenters. The van der Waals surface area contributed by atoms with Gasteiger partial charge in [0.1, 0.15) is 18.3 Å². The molecule has 72 valence electrons. The summed E-state index contributed by atoms with van der Waals surface area (Å²) in [6.07, 6.45) is -8.19. The molecule has 1 aliphatic rings. The van der Waals surface area contributed by atoms with Crippen LogP contribution in [0.15, 0.2) is 0 Å². The molecule has 1 saturated heterocycles. The number of aliphatic hydroxyl groups excluding tert-OH is 4. The Morgan fingerprint density at radius 3 is 2.25 bits per heavy atom. The van der Waals surface area contributed by atoms with Gasteiger partial charge in [0, 0.05) is 0 Å². The maximum atomic E-state index is 12.7. The van der Waals surface area contributed by atoms with Gasteiger partial charge in [0.05, 0.1) is 6.61 Å². The van der Waals surface area contributed by atoms with Gasteiger partial charge in [-0.2, -0.15) is 0 Å². The van der Waals surface area contributed by atoms with Crippen molar-refractivity contribution in [2.45, 2.75) is 30.8 Å². The van der Waals surface area contributed by atoms with Crippen LogP contribution in [0.1, 0.15) is 0 Å². The van der Waals surface area contributed by atoms with Crippen LogP contribution in [-0.2, 0) is 4.74 Å². The number of hydrogen-bond donors (Lipinski definition) is 4. The van der Waals surface area contributed by atoms with Crippen LogP contribution < -0.4 is 0 Å². The third-order valence-electron chi connectivity index (χ3n) is 1.82. The quantitative estimate of drug-likeness (QED) is 0.367. The predicted octanol–water partition coefficient (Wildman–Crippen LogP) is -2.24. The third kappa shape index (κ3) is 1.57. The molecule has 1 heterocycles. The van der Waals surface area contributed by atoms with Crippen molar-refractivity contribution in [2.24, 2.45) is 0 Å². The Hall–Kier alpha value is -0.270. The molecule has 5 nitrogen and oxygen atoms in total. The molecule has 0 amide bonds. The molecule has 1 rings (SSSR count). The van der Waals surface area contributed by atoms with Gasteiger partial charge in [0.2, 0.25) is 0 Å². The van der Waals surface area contributed by atoms with Crippen molar-refractivity contribution in [3.8, 4) is 0 Å². The van der Waals surface area contributed by atoms with E-state index in [4.69, 9.17) is 20.4 Å². The Kier molecular flexibility index (Phi) is 2.97. The van der Waals surface area contributed by atoms with E-state index in [9.17, 15) is 4.39 Å². The van der Waals surface area contributed by atoms with Crippen LogP contribution in [0.4, 0.5) is 4.39 Å². The topological polar surface area (TPSA) is 90.2 Å². The minimum Gasteiger partial charge on any atom is -0.394 e. The molecule has 6 heteroatoms. The first-order chi connectivity index (χ1) is 5.57. The fraction of sp³-hybridized carbons (Fsp3) is 1.00. The molecule has 0 saturated carbocycles. The van der Waals surface area contributed by atoms with Crippen molar-refractivity contribution in [3.63, 3.8) is 0 Å². The smallest absolute Gasteiger partial charge is 0.189 e. The van der Waals surface area contributed by atoms with Crippen LogP contribution in [-0.4, -0.2) is 57.8 Å². The summed E-state index contributed by atoms with van der Waals surface area (Å²) in [6, 6.07) is 0. The highest BCUT2D eigenvalue weighted by molar-refractivity contribution is 4.88. The molecule has 0 aromatic rings. The van der Waals surface area contributed by atoms with Crippen molar-refractivity contribution in [2.75, 3.05) is 6.61 Å². The van der Waals surface area contributed by atoms with Crippen molar-refractivity contribution >= 4 is 0 Å². The Morgan fingerprint density at radius 1 is 1.17 bits per heavy atom. The lowest BCUT2D eigenvalue weighted by molar-refractivity contribution is -0.271. The molecule has 5 atom stereocenters. The second kappa shape index (κ2) is 3.63. The summed E-state index contributed by atoms with van der Waals surface area (Å²) in [5, 5.41) is 35.3. The van der Waals surface area contributed by atoms with Gasteiger partial charge in [-0.1, -0.05) is 0 Å². The average molecular weight is 181 g/mol. The maximum absolute atomic E-state index is 12.7. The normalized spacial score (nSPS) is 49.2. The molecule has 0 aliphatic carbocycles. The third-order valence-corrected chi connectivity index (χ3v) is 1.82. The number of aliphatic hydroxyl groups is 4. The summed E-state index contributed by atoms with van der Waals surface area (Å²) in [5.41, 5.74) is 0. The second-order valence-corrected chi connectivity index (χ2v) is 2.67. The van der Waals surface area contributed by atoms with Crippen molar-refractivity contribution in [3.05, 3.63) is 0 Å². The van der Waals surface area contributed by atoms with Gasteiger partial charge in [-0.25, -0.2) is 4.39 Å². The lowest BCUT2D eigenvalue weighted by atomic mass is 10.0. The molecule has 12 heavy (non-hydrogen) atoms. The summed E-state index contributed by atoms with van der Waals surface area (Å²) < 4.78 is 17.1. The molecule has 0 bridgehead atoms. The van der Waals surface area contributed by atoms with Crippen LogP contribution in [0.3, 0.4) is 0 Å². The minimum atomic E-state index is -2.04. The summed E-state index contributed by atoms with van der Waals surface area (Å²) in [4.78, 5) is 0. The molecule has 4 N–H and O–H groups in total. The molecule has 0 aromatic heterocycles. The predicted molar refractivity (Wildman–Crippen MR) is 34.9 cm³/mol. The monoisotopic (exact) mass is 181 g/mol. The zero-order chi connectivity index (χ0) is 9.30. The number of hydrogen-bond acceptors (Lipinski definition) is 5. The number of rotatable bonds is 1. The summed E-state index contributed by atoms with van der Waals surface area (Å²) in [5.74, 6) is 0. The van der Waals surface area contributed by atoms with Gasteiger partial charge in [-0.3, -0.25) is 0 Å². The Bertz CT molecular complexity index is 150. The van der Waals surface area contributed by atoms with E-state index in [1.54, 1.807) is 0 Å². The Labute approximate surface area is 68.0 Å². The van der Waals surface area contributed by atoms with E-state index in [0.29, 0.717) is 0 Å². The van der Waals surface area contributed by atoms with Gasteiger partial charge in [-0.05, 0) is 0 Å². The molecular formula is C6H11FO5. The molecule has 1 fully saturated rings. The molecule has 0 aromatic carbocycles. The van der Waals surface area contributed by atoms with E-state index in [-0.39, 0.29) is 0 Å². The van der Waals surface area contributed by atoms with Crippen molar-refractivity contribution in [1.82, 2.24) is 0 Å². The number of halogens is 1. The highest BCUT2D eigenvalue weighted by Gasteiger charge is 2.43. The number of alkyl halides is 1. The summed E-state index contributed by atoms with van der Waals surface area (Å²) >= 11 is 0. The van der Waals surface area contributed by atoms with E-state index in [1.807, 2.05) is 0 Å². The summed E-state index contributed by atoms with van der Waals surface area (Å²) in [7, 11) is 0. The van der Waals surface area contributed by atoms with Crippen LogP contribution in [0.5, 0.6) is 0 Å². The second-order valence-electron chi connectivity index (χ2n) is 2.67. The first-order valence-corrected chi connectivity index (χ1v) is 3.52. The van der Waals surface area contributed by atoms with Crippen LogP contribution in [0.2, 0.25) is 0 Å². The average Bonchev–Trinajstić information content (AvgIpc) is 2.08. The van der Waals surface area contributed by atoms with Gasteiger partial charge in [0.25, 0.3) is 0 Å². The van der Waals surface area contributed by atoms with E-state index in [1.165, 1.54) is 0 Å². The molecule has 0 radical (unpaired) electrons. The zero-order valence-electron chi connectivity index (χ0n) is 6.17. The highest BCUT2D eigenvalue weighted by Crippen LogP contribution is 2.21. The van der Waals surface area contributed by atoms with E-state index >= 15 is 0 Å². The fourth-order valence-electron chi connectivity index (χ4n) is 1.06. The zero-order valence-corrected chi connectivity index (χ0v) is 6.17. The SMILES string of the molecule is OC[C@H]1O[C@@H](O)[C@H]([18F])[C@@H](O)[C@@H]1O. The van der Waals surface area contributed by atoms with Crippen LogP contribution in [0.25, 0.3) is 0 Å². The van der Waals surface area contributed by atoms with E-state index in [0.717, 1.165) is 0 Å². The van der Waals surface area contributed by atoms with Crippen molar-refractivity contribution in [1.29, 1.82) is 0 Å². The van der Waals surface area contributed by atoms with Crippen LogP contribution >= 0.6 is 0 Å². The van der Waals surface area contributed by atoms with E-state index in [2.05, 4.69) is 4.74 Å². The Morgan fingerprint density at radius 2 is 1.75 bits per heavy atom. The summed E-state index contributed by atoms with van der Waals surface area (Å²) in [6.45, 7) is -0.581. The standard InChI is InChI=1S/C6H11FO5/c7-3-5(10)4(9)2(1-8)12-6(3)11/h2-6,8-11H,1H2/t2-,3-,4-,5-,6-/m1/s1/i7-1. The lowest BCUT2D eigenvalue weighted by Gasteiger charge is -2.36.